The van der Waals surface area contributed by atoms with Crippen molar-refractivity contribution >= 4 is 57.3 Å². The lowest BCUT2D eigenvalue weighted by Gasteiger charge is -2.08. The number of carbonyl (C=O) groups excluding carboxylic acids is 2. The lowest BCUT2D eigenvalue weighted by atomic mass is 10.1. The Morgan fingerprint density at radius 1 is 1.17 bits per heavy atom. The molecular weight excluding hydrogens is 435 g/mol. The summed E-state index contributed by atoms with van der Waals surface area (Å²) in [6.45, 7) is 3.87. The van der Waals surface area contributed by atoms with Crippen LogP contribution in [0.3, 0.4) is 0 Å². The van der Waals surface area contributed by atoms with Crippen LogP contribution < -0.4 is 10.6 Å². The van der Waals surface area contributed by atoms with Crippen LogP contribution in [-0.2, 0) is 4.79 Å². The molecule has 0 saturated carbocycles. The maximum atomic E-state index is 13.8. The minimum Gasteiger partial charge on any atom is -0.325 e. The van der Waals surface area contributed by atoms with Gasteiger partial charge in [-0.25, -0.2) is 4.39 Å². The van der Waals surface area contributed by atoms with Crippen LogP contribution >= 0.6 is 34.7 Å². The van der Waals surface area contributed by atoms with Crippen molar-refractivity contribution in [2.45, 2.75) is 18.2 Å². The van der Waals surface area contributed by atoms with Crippen molar-refractivity contribution < 1.29 is 14.0 Å². The monoisotopic (exact) mass is 450 g/mol. The molecule has 0 fully saturated rings. The summed E-state index contributed by atoms with van der Waals surface area (Å²) in [5.41, 5.74) is 2.54. The zero-order valence-electron chi connectivity index (χ0n) is 15.5. The van der Waals surface area contributed by atoms with Crippen molar-refractivity contribution in [3.8, 4) is 0 Å². The summed E-state index contributed by atoms with van der Waals surface area (Å²) >= 11 is 8.16. The molecule has 0 atom stereocenters. The number of amides is 2. The topological polar surface area (TPSA) is 84.0 Å². The van der Waals surface area contributed by atoms with Crippen molar-refractivity contribution in [2.75, 3.05) is 16.4 Å². The van der Waals surface area contributed by atoms with E-state index in [0.717, 1.165) is 34.2 Å². The number of halogens is 2. The number of carbonyl (C=O) groups is 2. The van der Waals surface area contributed by atoms with Crippen LogP contribution in [0.25, 0.3) is 0 Å². The quantitative estimate of drug-likeness (QED) is 0.411. The molecule has 0 aliphatic heterocycles. The number of rotatable bonds is 6. The van der Waals surface area contributed by atoms with E-state index >= 15 is 0 Å². The molecule has 29 heavy (non-hydrogen) atoms. The molecule has 2 amide bonds. The fourth-order valence-corrected chi connectivity index (χ4v) is 4.17. The smallest absolute Gasteiger partial charge is 0.261 e. The molecule has 3 rings (SSSR count). The number of hydrogen-bond acceptors (Lipinski definition) is 6. The minimum absolute atomic E-state index is 0.00438. The lowest BCUT2D eigenvalue weighted by molar-refractivity contribution is -0.113. The standard InChI is InChI=1S/C19H16ClFN4O2S2/c1-10-6-7-11(2)14(8-10)22-15(26)9-28-19-25-24-18(29-19)23-17(27)16-12(20)4-3-5-13(16)21/h3-8H,9H2,1-2H3,(H,22,26)(H,23,24,27). The molecule has 0 spiro atoms. The molecular formula is C19H16ClFN4O2S2. The third-order valence-electron chi connectivity index (χ3n) is 3.81. The Balaban J connectivity index is 1.57. The van der Waals surface area contributed by atoms with Gasteiger partial charge in [-0.1, -0.05) is 52.9 Å². The van der Waals surface area contributed by atoms with Crippen molar-refractivity contribution in [1.82, 2.24) is 10.2 Å². The van der Waals surface area contributed by atoms with E-state index < -0.39 is 11.7 Å². The molecule has 0 saturated heterocycles. The minimum atomic E-state index is -0.725. The summed E-state index contributed by atoms with van der Waals surface area (Å²) in [6, 6.07) is 9.82. The van der Waals surface area contributed by atoms with Crippen LogP contribution in [0.5, 0.6) is 0 Å². The molecule has 150 valence electrons. The molecule has 2 aromatic carbocycles. The summed E-state index contributed by atoms with van der Waals surface area (Å²) in [6.07, 6.45) is 0. The highest BCUT2D eigenvalue weighted by atomic mass is 35.5. The van der Waals surface area contributed by atoms with E-state index in [1.807, 2.05) is 32.0 Å². The van der Waals surface area contributed by atoms with Crippen LogP contribution in [-0.4, -0.2) is 27.8 Å². The van der Waals surface area contributed by atoms with E-state index in [2.05, 4.69) is 20.8 Å². The fourth-order valence-electron chi connectivity index (χ4n) is 2.38. The summed E-state index contributed by atoms with van der Waals surface area (Å²) in [5, 5.41) is 13.3. The van der Waals surface area contributed by atoms with Gasteiger partial charge in [0.15, 0.2) is 4.34 Å². The molecule has 6 nitrogen and oxygen atoms in total. The Kier molecular flexibility index (Phi) is 6.83. The van der Waals surface area contributed by atoms with Gasteiger partial charge in [0, 0.05) is 5.69 Å². The molecule has 0 radical (unpaired) electrons. The van der Waals surface area contributed by atoms with E-state index in [4.69, 9.17) is 11.6 Å². The Hall–Kier alpha value is -2.49. The first-order valence-electron chi connectivity index (χ1n) is 8.42. The highest BCUT2D eigenvalue weighted by Gasteiger charge is 2.18. The number of thioether (sulfide) groups is 1. The summed E-state index contributed by atoms with van der Waals surface area (Å²) in [7, 11) is 0. The molecule has 0 bridgehead atoms. The molecule has 3 aromatic rings. The van der Waals surface area contributed by atoms with E-state index in [-0.39, 0.29) is 27.4 Å². The van der Waals surface area contributed by atoms with Crippen LogP contribution in [0.2, 0.25) is 5.02 Å². The Morgan fingerprint density at radius 3 is 2.72 bits per heavy atom. The van der Waals surface area contributed by atoms with Gasteiger partial charge in [0.1, 0.15) is 5.82 Å². The third-order valence-corrected chi connectivity index (χ3v) is 6.10. The average Bonchev–Trinajstić information content (AvgIpc) is 3.10. The first-order valence-corrected chi connectivity index (χ1v) is 10.6. The summed E-state index contributed by atoms with van der Waals surface area (Å²) < 4.78 is 14.3. The number of nitrogens with one attached hydrogen (secondary N) is 2. The van der Waals surface area contributed by atoms with Gasteiger partial charge in [-0.05, 0) is 43.2 Å². The number of aromatic nitrogens is 2. The SMILES string of the molecule is Cc1ccc(C)c(NC(=O)CSc2nnc(NC(=O)c3c(F)cccc3Cl)s2)c1. The van der Waals surface area contributed by atoms with E-state index in [1.165, 1.54) is 23.9 Å². The molecule has 0 unspecified atom stereocenters. The maximum Gasteiger partial charge on any atom is 0.261 e. The van der Waals surface area contributed by atoms with Gasteiger partial charge in [-0.15, -0.1) is 10.2 Å². The van der Waals surface area contributed by atoms with E-state index in [0.29, 0.717) is 4.34 Å². The van der Waals surface area contributed by atoms with Crippen molar-refractivity contribution in [1.29, 1.82) is 0 Å². The number of hydrogen-bond donors (Lipinski definition) is 2. The normalized spacial score (nSPS) is 10.6. The van der Waals surface area contributed by atoms with Crippen LogP contribution in [0.15, 0.2) is 40.7 Å². The van der Waals surface area contributed by atoms with Gasteiger partial charge < -0.3 is 5.32 Å². The van der Waals surface area contributed by atoms with E-state index in [9.17, 15) is 14.0 Å². The first-order chi connectivity index (χ1) is 13.8. The number of anilines is 2. The van der Waals surface area contributed by atoms with Crippen molar-refractivity contribution in [3.63, 3.8) is 0 Å². The van der Waals surface area contributed by atoms with Gasteiger partial charge in [0.2, 0.25) is 11.0 Å². The molecule has 0 aliphatic rings. The molecule has 1 aromatic heterocycles. The Bertz CT molecular complexity index is 1050. The number of nitrogens with zero attached hydrogens (tertiary/aromatic N) is 2. The van der Waals surface area contributed by atoms with Crippen LogP contribution in [0.1, 0.15) is 21.5 Å². The van der Waals surface area contributed by atoms with Crippen molar-refractivity contribution in [2.24, 2.45) is 0 Å². The second-order valence-corrected chi connectivity index (χ2v) is 8.69. The summed E-state index contributed by atoms with van der Waals surface area (Å²) in [4.78, 5) is 24.4. The maximum absolute atomic E-state index is 13.8. The van der Waals surface area contributed by atoms with Gasteiger partial charge in [0.05, 0.1) is 16.3 Å². The van der Waals surface area contributed by atoms with Gasteiger partial charge in [-0.3, -0.25) is 14.9 Å². The van der Waals surface area contributed by atoms with Crippen molar-refractivity contribution in [3.05, 3.63) is 63.9 Å². The average molecular weight is 451 g/mol. The van der Waals surface area contributed by atoms with Crippen LogP contribution in [0.4, 0.5) is 15.2 Å². The van der Waals surface area contributed by atoms with Gasteiger partial charge >= 0.3 is 0 Å². The highest BCUT2D eigenvalue weighted by molar-refractivity contribution is 8.01. The van der Waals surface area contributed by atoms with Gasteiger partial charge in [-0.2, -0.15) is 0 Å². The Morgan fingerprint density at radius 2 is 1.97 bits per heavy atom. The van der Waals surface area contributed by atoms with E-state index in [1.54, 1.807) is 0 Å². The zero-order chi connectivity index (χ0) is 21.0. The third kappa shape index (κ3) is 5.53. The molecule has 0 aliphatic carbocycles. The van der Waals surface area contributed by atoms with Crippen LogP contribution in [0, 0.1) is 19.7 Å². The predicted octanol–water partition coefficient (Wildman–Crippen LogP) is 4.93. The van der Waals surface area contributed by atoms with Gasteiger partial charge in [0.25, 0.3) is 5.91 Å². The predicted molar refractivity (Wildman–Crippen MR) is 115 cm³/mol. The first kappa shape index (κ1) is 21.2. The largest absolute Gasteiger partial charge is 0.325 e. The molecule has 1 heterocycles. The number of aryl methyl sites for hydroxylation is 2. The second kappa shape index (κ2) is 9.34. The fraction of sp³-hybridized carbons (Fsp3) is 0.158. The summed E-state index contributed by atoms with van der Waals surface area (Å²) in [5.74, 6) is -1.48. The second-order valence-electron chi connectivity index (χ2n) is 6.08. The lowest BCUT2D eigenvalue weighted by Crippen LogP contribution is -2.14. The number of benzene rings is 2. The Labute approximate surface area is 179 Å². The molecule has 2 N–H and O–H groups in total. The zero-order valence-corrected chi connectivity index (χ0v) is 17.8. The highest BCUT2D eigenvalue weighted by Crippen LogP contribution is 2.27. The molecule has 10 heteroatoms.